The van der Waals surface area contributed by atoms with Crippen LogP contribution in [0.5, 0.6) is 0 Å². The van der Waals surface area contributed by atoms with E-state index in [0.29, 0.717) is 0 Å². The number of aromatic nitrogens is 1. The van der Waals surface area contributed by atoms with E-state index in [1.54, 1.807) is 11.3 Å². The molecule has 2 heterocycles. The number of nitrogens with one attached hydrogen (secondary N) is 1. The molecule has 1 saturated carbocycles. The summed E-state index contributed by atoms with van der Waals surface area (Å²) in [6.45, 7) is 0. The van der Waals surface area contributed by atoms with Gasteiger partial charge in [0, 0.05) is 23.3 Å². The van der Waals surface area contributed by atoms with E-state index < -0.39 is 0 Å². The molecule has 4 rings (SSSR count). The summed E-state index contributed by atoms with van der Waals surface area (Å²) in [5, 5.41) is 13.9. The molecule has 2 aliphatic rings. The van der Waals surface area contributed by atoms with Gasteiger partial charge >= 0.3 is 0 Å². The van der Waals surface area contributed by atoms with Gasteiger partial charge in [-0.1, -0.05) is 0 Å². The second-order valence-electron chi connectivity index (χ2n) is 6.61. The number of aryl methyl sites for hydroxylation is 1. The van der Waals surface area contributed by atoms with Gasteiger partial charge in [-0.05, 0) is 62.6 Å². The van der Waals surface area contributed by atoms with E-state index in [1.807, 2.05) is 24.5 Å². The highest BCUT2D eigenvalue weighted by Crippen LogP contribution is 2.38. The van der Waals surface area contributed by atoms with Crippen molar-refractivity contribution in [1.82, 2.24) is 9.88 Å². The molecule has 4 nitrogen and oxygen atoms in total. The van der Waals surface area contributed by atoms with Gasteiger partial charge in [-0.15, -0.1) is 11.3 Å². The Morgan fingerprint density at radius 2 is 1.91 bits per heavy atom. The maximum Gasteiger partial charge on any atom is 0.254 e. The quantitative estimate of drug-likeness (QED) is 0.909. The molecule has 0 bridgehead atoms. The fraction of sp³-hybridized carbons (Fsp3) is 0.500. The highest BCUT2D eigenvalue weighted by Gasteiger charge is 2.29. The zero-order valence-corrected chi connectivity index (χ0v) is 13.9. The summed E-state index contributed by atoms with van der Waals surface area (Å²) in [5.74, 6) is 0.0643. The van der Waals surface area contributed by atoms with Gasteiger partial charge < -0.3 is 15.0 Å². The first-order valence-corrected chi connectivity index (χ1v) is 9.31. The monoisotopic (exact) mass is 330 g/mol. The van der Waals surface area contributed by atoms with E-state index in [2.05, 4.69) is 9.88 Å². The van der Waals surface area contributed by atoms with Gasteiger partial charge in [0.25, 0.3) is 5.91 Å². The summed E-state index contributed by atoms with van der Waals surface area (Å²) in [6, 6.07) is 4.18. The van der Waals surface area contributed by atoms with Gasteiger partial charge in [-0.3, -0.25) is 4.79 Å². The lowest BCUT2D eigenvalue weighted by Crippen LogP contribution is -2.39. The van der Waals surface area contributed by atoms with Crippen LogP contribution in [0.2, 0.25) is 0 Å². The zero-order chi connectivity index (χ0) is 15.8. The summed E-state index contributed by atoms with van der Waals surface area (Å²) in [4.78, 5) is 14.3. The molecule has 2 aromatic rings. The lowest BCUT2D eigenvalue weighted by atomic mass is 9.93. The van der Waals surface area contributed by atoms with Crippen LogP contribution >= 0.6 is 11.3 Å². The lowest BCUT2D eigenvalue weighted by molar-refractivity contribution is 0.0867. The molecule has 0 aliphatic heterocycles. The van der Waals surface area contributed by atoms with Gasteiger partial charge in [-0.2, -0.15) is 0 Å². The van der Waals surface area contributed by atoms with E-state index in [-0.39, 0.29) is 18.1 Å². The number of hydrogen-bond acceptors (Lipinski definition) is 3. The van der Waals surface area contributed by atoms with Crippen molar-refractivity contribution >= 4 is 17.2 Å². The Bertz CT molecular complexity index is 697. The normalized spacial score (nSPS) is 23.7. The highest BCUT2D eigenvalue weighted by molar-refractivity contribution is 7.15. The second-order valence-corrected chi connectivity index (χ2v) is 7.69. The fourth-order valence-electron chi connectivity index (χ4n) is 3.75. The Balaban J connectivity index is 1.61. The van der Waals surface area contributed by atoms with Crippen molar-refractivity contribution in [2.24, 2.45) is 0 Å². The van der Waals surface area contributed by atoms with Gasteiger partial charge in [0.05, 0.1) is 11.7 Å². The third-order valence-corrected chi connectivity index (χ3v) is 6.31. The smallest absolute Gasteiger partial charge is 0.254 e. The van der Waals surface area contributed by atoms with Gasteiger partial charge in [-0.25, -0.2) is 0 Å². The van der Waals surface area contributed by atoms with Crippen LogP contribution in [0.3, 0.4) is 0 Å². The molecule has 0 spiro atoms. The Morgan fingerprint density at radius 1 is 1.17 bits per heavy atom. The summed E-state index contributed by atoms with van der Waals surface area (Å²) in [5.41, 5.74) is 2.14. The Hall–Kier alpha value is -1.59. The molecule has 5 heteroatoms. The number of aliphatic hydroxyl groups excluding tert-OH is 1. The molecule has 2 aliphatic carbocycles. The first kappa shape index (κ1) is 15.0. The summed E-state index contributed by atoms with van der Waals surface area (Å²) in [6.07, 6.45) is 10.4. The summed E-state index contributed by atoms with van der Waals surface area (Å²) < 4.78 is 2.06. The first-order chi connectivity index (χ1) is 11.2. The summed E-state index contributed by atoms with van der Waals surface area (Å²) >= 11 is 1.76. The number of thiophene rings is 1. The molecule has 2 aromatic heterocycles. The largest absolute Gasteiger partial charge is 0.393 e. The van der Waals surface area contributed by atoms with Crippen LogP contribution in [-0.4, -0.2) is 27.7 Å². The topological polar surface area (TPSA) is 54.3 Å². The van der Waals surface area contributed by atoms with Crippen molar-refractivity contribution in [2.75, 3.05) is 0 Å². The Morgan fingerprint density at radius 3 is 2.65 bits per heavy atom. The molecule has 2 N–H and O–H groups in total. The predicted octanol–water partition coefficient (Wildman–Crippen LogP) is 3.06. The number of fused-ring (bicyclic) bond motifs is 1. The minimum atomic E-state index is -0.191. The van der Waals surface area contributed by atoms with Crippen molar-refractivity contribution in [2.45, 2.75) is 57.1 Å². The molecule has 0 unspecified atom stereocenters. The molecule has 122 valence electrons. The van der Waals surface area contributed by atoms with E-state index in [4.69, 9.17) is 0 Å². The third kappa shape index (κ3) is 2.83. The Labute approximate surface area is 140 Å². The number of rotatable bonds is 3. The average Bonchev–Trinajstić information content (AvgIpc) is 3.24. The molecule has 0 atom stereocenters. The fourth-order valence-corrected chi connectivity index (χ4v) is 5.11. The molecule has 0 saturated heterocycles. The molecule has 23 heavy (non-hydrogen) atoms. The van der Waals surface area contributed by atoms with E-state index >= 15 is 0 Å². The van der Waals surface area contributed by atoms with Crippen molar-refractivity contribution in [1.29, 1.82) is 0 Å². The number of carbonyl (C=O) groups excluding carboxylic acids is 1. The van der Waals surface area contributed by atoms with Crippen LogP contribution in [-0.2, 0) is 12.8 Å². The van der Waals surface area contributed by atoms with Crippen LogP contribution in [0.1, 0.15) is 52.9 Å². The van der Waals surface area contributed by atoms with Crippen LogP contribution in [0, 0.1) is 0 Å². The van der Waals surface area contributed by atoms with Crippen LogP contribution in [0.25, 0.3) is 5.00 Å². The van der Waals surface area contributed by atoms with E-state index in [9.17, 15) is 9.90 Å². The molecule has 0 radical (unpaired) electrons. The Kier molecular flexibility index (Phi) is 3.99. The van der Waals surface area contributed by atoms with E-state index in [1.165, 1.54) is 10.4 Å². The number of aliphatic hydroxyl groups is 1. The second kappa shape index (κ2) is 6.13. The predicted molar refractivity (Wildman–Crippen MR) is 91.4 cm³/mol. The highest BCUT2D eigenvalue weighted by atomic mass is 32.1. The van der Waals surface area contributed by atoms with Crippen LogP contribution < -0.4 is 5.32 Å². The van der Waals surface area contributed by atoms with Gasteiger partial charge in [0.15, 0.2) is 0 Å². The van der Waals surface area contributed by atoms with Gasteiger partial charge in [0.1, 0.15) is 5.00 Å². The average molecular weight is 330 g/mol. The maximum atomic E-state index is 13.0. The SMILES string of the molecule is O=C(NC1CCC(O)CC1)c1c(-n2cccc2)sc2c1CCC2. The lowest BCUT2D eigenvalue weighted by Gasteiger charge is -2.26. The van der Waals surface area contributed by atoms with Gasteiger partial charge in [0.2, 0.25) is 0 Å². The van der Waals surface area contributed by atoms with E-state index in [0.717, 1.165) is 55.5 Å². The first-order valence-electron chi connectivity index (χ1n) is 8.49. The molecule has 1 amide bonds. The molecule has 0 aromatic carbocycles. The van der Waals surface area contributed by atoms with Crippen molar-refractivity contribution < 1.29 is 9.90 Å². The zero-order valence-electron chi connectivity index (χ0n) is 13.1. The minimum Gasteiger partial charge on any atom is -0.393 e. The maximum absolute atomic E-state index is 13.0. The number of hydrogen-bond donors (Lipinski definition) is 2. The minimum absolute atomic E-state index is 0.0643. The van der Waals surface area contributed by atoms with Crippen molar-refractivity contribution in [3.8, 4) is 5.00 Å². The molecular formula is C18H22N2O2S. The summed E-state index contributed by atoms with van der Waals surface area (Å²) in [7, 11) is 0. The van der Waals surface area contributed by atoms with Crippen molar-refractivity contribution in [3.05, 3.63) is 40.5 Å². The molecule has 1 fully saturated rings. The number of nitrogens with zero attached hydrogens (tertiary/aromatic N) is 1. The van der Waals surface area contributed by atoms with Crippen LogP contribution in [0.4, 0.5) is 0 Å². The number of amides is 1. The third-order valence-electron chi connectivity index (χ3n) is 5.00. The van der Waals surface area contributed by atoms with Crippen molar-refractivity contribution in [3.63, 3.8) is 0 Å². The van der Waals surface area contributed by atoms with Crippen LogP contribution in [0.15, 0.2) is 24.5 Å². The standard InChI is InChI=1S/C18H22N2O2S/c21-13-8-6-12(7-9-13)19-17(22)16-14-4-3-5-15(14)23-18(16)20-10-1-2-11-20/h1-2,10-13,21H,3-9H2,(H,19,22). The number of carbonyl (C=O) groups is 1. The molecular weight excluding hydrogens is 308 g/mol.